The van der Waals surface area contributed by atoms with Crippen molar-refractivity contribution in [2.75, 3.05) is 13.1 Å². The van der Waals surface area contributed by atoms with Crippen LogP contribution in [0.2, 0.25) is 5.02 Å². The SMILES string of the molecule is CCCN(CC1CC1)C(=O)c1cc2cc(Cl)ccc2o1. The van der Waals surface area contributed by atoms with Crippen LogP contribution in [0.1, 0.15) is 36.7 Å². The summed E-state index contributed by atoms with van der Waals surface area (Å²) in [5.74, 6) is 1.09. The van der Waals surface area contributed by atoms with Crippen LogP contribution in [0.15, 0.2) is 28.7 Å². The van der Waals surface area contributed by atoms with Crippen molar-refractivity contribution in [2.45, 2.75) is 26.2 Å². The highest BCUT2D eigenvalue weighted by Crippen LogP contribution is 2.31. The van der Waals surface area contributed by atoms with Gasteiger partial charge in [-0.25, -0.2) is 0 Å². The van der Waals surface area contributed by atoms with Crippen molar-refractivity contribution in [3.05, 3.63) is 35.0 Å². The molecule has 1 fully saturated rings. The summed E-state index contributed by atoms with van der Waals surface area (Å²) in [5.41, 5.74) is 0.709. The third-order valence-corrected chi connectivity index (χ3v) is 3.88. The van der Waals surface area contributed by atoms with Crippen LogP contribution in [0.5, 0.6) is 0 Å². The molecule has 0 spiro atoms. The summed E-state index contributed by atoms with van der Waals surface area (Å²) in [5, 5.41) is 1.53. The molecule has 1 aromatic heterocycles. The van der Waals surface area contributed by atoms with Gasteiger partial charge in [0.25, 0.3) is 5.91 Å². The van der Waals surface area contributed by atoms with E-state index >= 15 is 0 Å². The van der Waals surface area contributed by atoms with E-state index in [9.17, 15) is 4.79 Å². The Balaban J connectivity index is 1.85. The number of carbonyl (C=O) groups is 1. The number of amides is 1. The van der Waals surface area contributed by atoms with Gasteiger partial charge in [-0.2, -0.15) is 0 Å². The third kappa shape index (κ3) is 2.83. The first-order valence-corrected chi connectivity index (χ1v) is 7.53. The molecule has 1 saturated carbocycles. The number of benzene rings is 1. The van der Waals surface area contributed by atoms with Gasteiger partial charge in [-0.1, -0.05) is 18.5 Å². The van der Waals surface area contributed by atoms with Gasteiger partial charge >= 0.3 is 0 Å². The van der Waals surface area contributed by atoms with Crippen LogP contribution in [0, 0.1) is 5.92 Å². The largest absolute Gasteiger partial charge is 0.451 e. The van der Waals surface area contributed by atoms with E-state index in [1.165, 1.54) is 12.8 Å². The molecule has 4 heteroatoms. The standard InChI is InChI=1S/C16H18ClNO2/c1-2-7-18(10-11-3-4-11)16(19)15-9-12-8-13(17)5-6-14(12)20-15/h5-6,8-9,11H,2-4,7,10H2,1H3. The molecule has 3 rings (SSSR count). The molecule has 106 valence electrons. The summed E-state index contributed by atoms with van der Waals surface area (Å²) in [6.45, 7) is 3.73. The zero-order valence-electron chi connectivity index (χ0n) is 11.6. The molecule has 3 nitrogen and oxygen atoms in total. The minimum atomic E-state index is -0.00827. The molecule has 1 amide bonds. The first kappa shape index (κ1) is 13.5. The fraction of sp³-hybridized carbons (Fsp3) is 0.438. The predicted octanol–water partition coefficient (Wildman–Crippen LogP) is 4.35. The van der Waals surface area contributed by atoms with Gasteiger partial charge in [0.2, 0.25) is 0 Å². The van der Waals surface area contributed by atoms with E-state index in [4.69, 9.17) is 16.0 Å². The van der Waals surface area contributed by atoms with Crippen LogP contribution in [-0.4, -0.2) is 23.9 Å². The lowest BCUT2D eigenvalue weighted by molar-refractivity contribution is 0.0718. The molecule has 1 aromatic carbocycles. The second-order valence-electron chi connectivity index (χ2n) is 5.49. The smallest absolute Gasteiger partial charge is 0.289 e. The number of rotatable bonds is 5. The summed E-state index contributed by atoms with van der Waals surface area (Å²) >= 11 is 5.96. The second-order valence-corrected chi connectivity index (χ2v) is 5.92. The van der Waals surface area contributed by atoms with Gasteiger partial charge in [-0.15, -0.1) is 0 Å². The first-order chi connectivity index (χ1) is 9.67. The van der Waals surface area contributed by atoms with Crippen molar-refractivity contribution in [1.29, 1.82) is 0 Å². The summed E-state index contributed by atoms with van der Waals surface area (Å²) < 4.78 is 5.66. The van der Waals surface area contributed by atoms with Crippen LogP contribution in [-0.2, 0) is 0 Å². The Bertz CT molecular complexity index is 630. The molecule has 0 N–H and O–H groups in total. The van der Waals surface area contributed by atoms with Crippen molar-refractivity contribution in [2.24, 2.45) is 5.92 Å². The Kier molecular flexibility index (Phi) is 3.70. The topological polar surface area (TPSA) is 33.5 Å². The predicted molar refractivity (Wildman–Crippen MR) is 80.1 cm³/mol. The number of halogens is 1. The molecule has 1 aliphatic carbocycles. The van der Waals surface area contributed by atoms with Crippen LogP contribution < -0.4 is 0 Å². The lowest BCUT2D eigenvalue weighted by Crippen LogP contribution is -2.33. The Morgan fingerprint density at radius 2 is 2.20 bits per heavy atom. The minimum absolute atomic E-state index is 0.00827. The van der Waals surface area contributed by atoms with Crippen molar-refractivity contribution in [3.8, 4) is 0 Å². The van der Waals surface area contributed by atoms with Crippen LogP contribution in [0.25, 0.3) is 11.0 Å². The number of nitrogens with zero attached hydrogens (tertiary/aromatic N) is 1. The van der Waals surface area contributed by atoms with E-state index < -0.39 is 0 Å². The summed E-state index contributed by atoms with van der Waals surface area (Å²) in [6.07, 6.45) is 3.44. The number of fused-ring (bicyclic) bond motifs is 1. The summed E-state index contributed by atoms with van der Waals surface area (Å²) in [7, 11) is 0. The molecule has 0 unspecified atom stereocenters. The number of hydrogen-bond donors (Lipinski definition) is 0. The van der Waals surface area contributed by atoms with E-state index in [2.05, 4.69) is 6.92 Å². The molecule has 20 heavy (non-hydrogen) atoms. The molecule has 0 aliphatic heterocycles. The highest BCUT2D eigenvalue weighted by atomic mass is 35.5. The van der Waals surface area contributed by atoms with Gasteiger partial charge in [0.05, 0.1) is 0 Å². The maximum Gasteiger partial charge on any atom is 0.289 e. The van der Waals surface area contributed by atoms with E-state index in [-0.39, 0.29) is 5.91 Å². The zero-order chi connectivity index (χ0) is 14.1. The fourth-order valence-electron chi connectivity index (χ4n) is 2.43. The maximum absolute atomic E-state index is 12.6. The molecular formula is C16H18ClNO2. The van der Waals surface area contributed by atoms with Crippen LogP contribution in [0.4, 0.5) is 0 Å². The lowest BCUT2D eigenvalue weighted by Gasteiger charge is -2.20. The molecule has 0 saturated heterocycles. The van der Waals surface area contributed by atoms with Crippen molar-refractivity contribution < 1.29 is 9.21 Å². The molecule has 2 aromatic rings. The summed E-state index contributed by atoms with van der Waals surface area (Å²) in [4.78, 5) is 14.5. The molecular weight excluding hydrogens is 274 g/mol. The normalized spacial score (nSPS) is 14.7. The Labute approximate surface area is 123 Å². The Hall–Kier alpha value is -1.48. The number of furan rings is 1. The van der Waals surface area contributed by atoms with E-state index in [0.29, 0.717) is 22.3 Å². The first-order valence-electron chi connectivity index (χ1n) is 7.15. The number of carbonyl (C=O) groups excluding carboxylic acids is 1. The third-order valence-electron chi connectivity index (χ3n) is 3.65. The van der Waals surface area contributed by atoms with E-state index in [1.807, 2.05) is 11.0 Å². The highest BCUT2D eigenvalue weighted by Gasteiger charge is 2.28. The lowest BCUT2D eigenvalue weighted by atomic mass is 10.2. The molecule has 0 atom stereocenters. The van der Waals surface area contributed by atoms with Gasteiger partial charge in [0.15, 0.2) is 5.76 Å². The van der Waals surface area contributed by atoms with E-state index in [1.54, 1.807) is 18.2 Å². The Morgan fingerprint density at radius 3 is 2.90 bits per heavy atom. The fourth-order valence-corrected chi connectivity index (χ4v) is 2.61. The zero-order valence-corrected chi connectivity index (χ0v) is 12.3. The average Bonchev–Trinajstić information content (AvgIpc) is 3.14. The highest BCUT2D eigenvalue weighted by molar-refractivity contribution is 6.31. The molecule has 0 radical (unpaired) electrons. The number of hydrogen-bond acceptors (Lipinski definition) is 2. The summed E-state index contributed by atoms with van der Waals surface area (Å²) in [6, 6.07) is 7.19. The molecule has 0 bridgehead atoms. The van der Waals surface area contributed by atoms with Crippen molar-refractivity contribution >= 4 is 28.5 Å². The maximum atomic E-state index is 12.6. The minimum Gasteiger partial charge on any atom is -0.451 e. The van der Waals surface area contributed by atoms with Gasteiger partial charge in [-0.05, 0) is 49.4 Å². The van der Waals surface area contributed by atoms with Crippen molar-refractivity contribution in [3.63, 3.8) is 0 Å². The monoisotopic (exact) mass is 291 g/mol. The quantitative estimate of drug-likeness (QED) is 0.820. The van der Waals surface area contributed by atoms with Crippen molar-refractivity contribution in [1.82, 2.24) is 4.90 Å². The van der Waals surface area contributed by atoms with Gasteiger partial charge in [0, 0.05) is 23.5 Å². The Morgan fingerprint density at radius 1 is 1.40 bits per heavy atom. The van der Waals surface area contributed by atoms with Crippen LogP contribution >= 0.6 is 11.6 Å². The van der Waals surface area contributed by atoms with Gasteiger partial charge < -0.3 is 9.32 Å². The second kappa shape index (κ2) is 5.49. The van der Waals surface area contributed by atoms with Gasteiger partial charge in [0.1, 0.15) is 5.58 Å². The van der Waals surface area contributed by atoms with Crippen LogP contribution in [0.3, 0.4) is 0 Å². The molecule has 1 aliphatic rings. The average molecular weight is 292 g/mol. The van der Waals surface area contributed by atoms with Gasteiger partial charge in [-0.3, -0.25) is 4.79 Å². The van der Waals surface area contributed by atoms with E-state index in [0.717, 1.165) is 24.9 Å². The molecule has 1 heterocycles.